The van der Waals surface area contributed by atoms with Crippen LogP contribution in [0.5, 0.6) is 0 Å². The van der Waals surface area contributed by atoms with Crippen molar-refractivity contribution in [2.24, 2.45) is 0 Å². The van der Waals surface area contributed by atoms with Crippen molar-refractivity contribution in [2.45, 2.75) is 39.7 Å². The van der Waals surface area contributed by atoms with Gasteiger partial charge < -0.3 is 15.3 Å². The summed E-state index contributed by atoms with van der Waals surface area (Å²) in [6.07, 6.45) is 0.563. The van der Waals surface area contributed by atoms with E-state index in [2.05, 4.69) is 17.2 Å². The normalized spacial score (nSPS) is 10.1. The second-order valence-corrected chi connectivity index (χ2v) is 4.02. The number of aliphatic carboxylic acids is 1. The molecule has 5 nitrogen and oxygen atoms in total. The molecule has 0 aromatic heterocycles. The van der Waals surface area contributed by atoms with Crippen LogP contribution >= 0.6 is 0 Å². The predicted molar refractivity (Wildman–Crippen MR) is 65.6 cm³/mol. The summed E-state index contributed by atoms with van der Waals surface area (Å²) in [5.74, 6) is 4.52. The number of carbonyl (C=O) groups excluding carboxylic acids is 1. The van der Waals surface area contributed by atoms with Crippen LogP contribution in [-0.2, 0) is 4.79 Å². The number of hydrogen-bond donors (Lipinski definition) is 2. The number of carboxylic acids is 1. The topological polar surface area (TPSA) is 69.6 Å². The zero-order valence-corrected chi connectivity index (χ0v) is 10.8. The lowest BCUT2D eigenvalue weighted by Gasteiger charge is -2.34. The van der Waals surface area contributed by atoms with Gasteiger partial charge in [0.25, 0.3) is 0 Å². The Morgan fingerprint density at radius 1 is 1.41 bits per heavy atom. The van der Waals surface area contributed by atoms with Crippen molar-refractivity contribution >= 4 is 12.0 Å². The molecule has 0 spiro atoms. The van der Waals surface area contributed by atoms with E-state index < -0.39 is 11.5 Å². The lowest BCUT2D eigenvalue weighted by atomic mass is 10.0. The Labute approximate surface area is 102 Å². The van der Waals surface area contributed by atoms with E-state index >= 15 is 0 Å². The van der Waals surface area contributed by atoms with Gasteiger partial charge in [0.05, 0.1) is 0 Å². The summed E-state index contributed by atoms with van der Waals surface area (Å²) in [6.45, 7) is 7.24. The van der Waals surface area contributed by atoms with Crippen LogP contribution in [0, 0.1) is 11.8 Å². The number of amides is 2. The number of nitrogens with zero attached hydrogens (tertiary/aromatic N) is 1. The quantitative estimate of drug-likeness (QED) is 0.562. The van der Waals surface area contributed by atoms with E-state index in [-0.39, 0.29) is 6.03 Å². The molecular formula is C12H20N2O3. The molecule has 0 bridgehead atoms. The second kappa shape index (κ2) is 6.79. The van der Waals surface area contributed by atoms with Gasteiger partial charge in [0.15, 0.2) is 0 Å². The largest absolute Gasteiger partial charge is 0.480 e. The highest BCUT2D eigenvalue weighted by Crippen LogP contribution is 2.14. The Hall–Kier alpha value is -1.70. The predicted octanol–water partition coefficient (Wildman–Crippen LogP) is 1.29. The van der Waals surface area contributed by atoms with E-state index in [0.717, 1.165) is 0 Å². The smallest absolute Gasteiger partial charge is 0.329 e. The molecule has 0 saturated carbocycles. The van der Waals surface area contributed by atoms with Crippen molar-refractivity contribution in [3.8, 4) is 11.8 Å². The van der Waals surface area contributed by atoms with E-state index in [1.54, 1.807) is 13.8 Å². The van der Waals surface area contributed by atoms with Crippen LogP contribution in [-0.4, -0.2) is 40.6 Å². The summed E-state index contributed by atoms with van der Waals surface area (Å²) in [4.78, 5) is 24.1. The molecule has 2 amide bonds. The summed E-state index contributed by atoms with van der Waals surface area (Å²) in [6, 6.07) is -0.377. The summed E-state index contributed by atoms with van der Waals surface area (Å²) >= 11 is 0. The minimum atomic E-state index is -1.21. The number of likely N-dealkylation sites (N-methyl/N-ethyl adjacent to an activating group) is 1. The fraction of sp³-hybridized carbons (Fsp3) is 0.667. The van der Waals surface area contributed by atoms with E-state index in [9.17, 15) is 9.59 Å². The first-order chi connectivity index (χ1) is 7.87. The van der Waals surface area contributed by atoms with Gasteiger partial charge in [-0.3, -0.25) is 0 Å². The molecule has 0 radical (unpaired) electrons. The Kier molecular flexibility index (Phi) is 6.11. The summed E-state index contributed by atoms with van der Waals surface area (Å²) in [7, 11) is 0. The Morgan fingerprint density at radius 2 is 2.00 bits per heavy atom. The van der Waals surface area contributed by atoms with Crippen molar-refractivity contribution < 1.29 is 14.7 Å². The van der Waals surface area contributed by atoms with Gasteiger partial charge in [-0.15, -0.1) is 11.8 Å². The zero-order valence-electron chi connectivity index (χ0n) is 10.8. The number of hydrogen-bond acceptors (Lipinski definition) is 2. The average molecular weight is 240 g/mol. The van der Waals surface area contributed by atoms with Crippen molar-refractivity contribution in [1.29, 1.82) is 0 Å². The molecule has 0 aromatic carbocycles. The van der Waals surface area contributed by atoms with Gasteiger partial charge in [0.1, 0.15) is 5.54 Å². The van der Waals surface area contributed by atoms with Crippen molar-refractivity contribution in [1.82, 2.24) is 10.2 Å². The lowest BCUT2D eigenvalue weighted by Crippen LogP contribution is -2.56. The minimum Gasteiger partial charge on any atom is -0.480 e. The van der Waals surface area contributed by atoms with Crippen molar-refractivity contribution in [3.63, 3.8) is 0 Å². The molecule has 2 N–H and O–H groups in total. The number of urea groups is 1. The third-order valence-corrected chi connectivity index (χ3v) is 2.46. The molecule has 0 saturated heterocycles. The van der Waals surface area contributed by atoms with Crippen LogP contribution in [0.1, 0.15) is 34.1 Å². The highest BCUT2D eigenvalue weighted by Gasteiger charge is 2.36. The first-order valence-electron chi connectivity index (χ1n) is 5.56. The van der Waals surface area contributed by atoms with Gasteiger partial charge in [-0.25, -0.2) is 9.59 Å². The molecule has 0 aliphatic rings. The third kappa shape index (κ3) is 4.35. The fourth-order valence-electron chi connectivity index (χ4n) is 1.36. The maximum Gasteiger partial charge on any atom is 0.329 e. The van der Waals surface area contributed by atoms with Gasteiger partial charge in [0, 0.05) is 19.5 Å². The molecule has 0 atom stereocenters. The standard InChI is InChI=1S/C12H20N2O3/c1-5-7-8-9-13-11(17)14(6-2)12(3,4)10(15)16/h6,8-9H2,1-4H3,(H,13,17)(H,15,16). The Bertz CT molecular complexity index is 339. The maximum absolute atomic E-state index is 11.8. The molecule has 0 aromatic rings. The average Bonchev–Trinajstić information content (AvgIpc) is 2.24. The molecule has 0 rings (SSSR count). The van der Waals surface area contributed by atoms with Gasteiger partial charge in [0.2, 0.25) is 0 Å². The first kappa shape index (κ1) is 15.3. The molecule has 5 heteroatoms. The third-order valence-electron chi connectivity index (χ3n) is 2.46. The van der Waals surface area contributed by atoms with E-state index in [4.69, 9.17) is 5.11 Å². The van der Waals surface area contributed by atoms with Crippen LogP contribution in [0.2, 0.25) is 0 Å². The first-order valence-corrected chi connectivity index (χ1v) is 5.56. The van der Waals surface area contributed by atoms with Gasteiger partial charge in [-0.2, -0.15) is 0 Å². The molecule has 0 aliphatic carbocycles. The van der Waals surface area contributed by atoms with Crippen LogP contribution < -0.4 is 5.32 Å². The summed E-state index contributed by atoms with van der Waals surface area (Å²) in [5, 5.41) is 11.7. The van der Waals surface area contributed by atoms with Crippen LogP contribution in [0.4, 0.5) is 4.79 Å². The van der Waals surface area contributed by atoms with Crippen molar-refractivity contribution in [3.05, 3.63) is 0 Å². The zero-order chi connectivity index (χ0) is 13.5. The monoisotopic (exact) mass is 240 g/mol. The SMILES string of the molecule is CC#CCCNC(=O)N(CC)C(C)(C)C(=O)O. The van der Waals surface area contributed by atoms with Crippen LogP contribution in [0.15, 0.2) is 0 Å². The molecule has 0 aliphatic heterocycles. The second-order valence-electron chi connectivity index (χ2n) is 4.02. The maximum atomic E-state index is 11.8. The number of carbonyl (C=O) groups is 2. The molecule has 17 heavy (non-hydrogen) atoms. The number of rotatable bonds is 5. The van der Waals surface area contributed by atoms with Crippen LogP contribution in [0.25, 0.3) is 0 Å². The fourth-order valence-corrected chi connectivity index (χ4v) is 1.36. The molecule has 96 valence electrons. The van der Waals surface area contributed by atoms with E-state index in [1.807, 2.05) is 0 Å². The molecule has 0 fully saturated rings. The molecule has 0 heterocycles. The Morgan fingerprint density at radius 3 is 2.41 bits per heavy atom. The number of nitrogens with one attached hydrogen (secondary N) is 1. The highest BCUT2D eigenvalue weighted by atomic mass is 16.4. The number of carboxylic acid groups (broad SMARTS) is 1. The summed E-state index contributed by atoms with van der Waals surface area (Å²) in [5.41, 5.74) is -1.21. The van der Waals surface area contributed by atoms with Gasteiger partial charge in [-0.1, -0.05) is 0 Å². The van der Waals surface area contributed by atoms with Crippen LogP contribution in [0.3, 0.4) is 0 Å². The Balaban J connectivity index is 4.49. The molecule has 0 unspecified atom stereocenters. The summed E-state index contributed by atoms with van der Waals surface area (Å²) < 4.78 is 0. The molecular weight excluding hydrogens is 220 g/mol. The minimum absolute atomic E-state index is 0.338. The highest BCUT2D eigenvalue weighted by molar-refractivity contribution is 5.85. The van der Waals surface area contributed by atoms with E-state index in [1.165, 1.54) is 18.7 Å². The van der Waals surface area contributed by atoms with Gasteiger partial charge in [-0.05, 0) is 27.7 Å². The van der Waals surface area contributed by atoms with Crippen molar-refractivity contribution in [2.75, 3.05) is 13.1 Å². The lowest BCUT2D eigenvalue weighted by molar-refractivity contribution is -0.147. The van der Waals surface area contributed by atoms with E-state index in [0.29, 0.717) is 19.5 Å². The van der Waals surface area contributed by atoms with Gasteiger partial charge >= 0.3 is 12.0 Å².